The van der Waals surface area contributed by atoms with E-state index in [1.54, 1.807) is 12.1 Å². The van der Waals surface area contributed by atoms with Crippen molar-refractivity contribution in [3.05, 3.63) is 36.3 Å². The maximum absolute atomic E-state index is 10.8. The van der Waals surface area contributed by atoms with Crippen LogP contribution < -0.4 is 0 Å². The Kier molecular flexibility index (Phi) is 3.49. The Balaban J connectivity index is 2.32. The quantitative estimate of drug-likeness (QED) is 0.573. The summed E-state index contributed by atoms with van der Waals surface area (Å²) in [4.78, 5) is 20.9. The van der Waals surface area contributed by atoms with Crippen LogP contribution in [-0.2, 0) is 20.9 Å². The molecule has 1 heterocycles. The Hall–Kier alpha value is -2.04. The molecule has 1 aromatic rings. The Morgan fingerprint density at radius 1 is 1.50 bits per heavy atom. The standard InChI is InChI=1S/C9H8O5/c10-8(11)3-4-9(12)14-6-7-2-1-5-13-7/h1-5H,6H2,(H,10,11)/b4-3-. The van der Waals surface area contributed by atoms with E-state index in [2.05, 4.69) is 4.74 Å². The molecule has 0 aromatic carbocycles. The minimum Gasteiger partial charge on any atom is -0.478 e. The third-order valence-electron chi connectivity index (χ3n) is 1.30. The number of carbonyl (C=O) groups is 2. The molecule has 0 spiro atoms. The first-order valence-corrected chi connectivity index (χ1v) is 3.78. The number of carboxylic acids is 1. The van der Waals surface area contributed by atoms with Gasteiger partial charge in [0.2, 0.25) is 0 Å². The highest BCUT2D eigenvalue weighted by atomic mass is 16.5. The predicted molar refractivity (Wildman–Crippen MR) is 45.3 cm³/mol. The largest absolute Gasteiger partial charge is 0.478 e. The smallest absolute Gasteiger partial charge is 0.331 e. The maximum atomic E-state index is 10.8. The molecule has 0 amide bonds. The third kappa shape index (κ3) is 3.57. The molecule has 1 aromatic heterocycles. The van der Waals surface area contributed by atoms with Gasteiger partial charge in [0, 0.05) is 12.2 Å². The van der Waals surface area contributed by atoms with E-state index in [0.29, 0.717) is 11.8 Å². The number of aliphatic carboxylic acids is 1. The van der Waals surface area contributed by atoms with Gasteiger partial charge < -0.3 is 14.3 Å². The van der Waals surface area contributed by atoms with Gasteiger partial charge in [0.15, 0.2) is 0 Å². The average Bonchev–Trinajstić information content (AvgIpc) is 2.63. The van der Waals surface area contributed by atoms with E-state index in [4.69, 9.17) is 9.52 Å². The van der Waals surface area contributed by atoms with E-state index in [1.165, 1.54) is 6.26 Å². The van der Waals surface area contributed by atoms with Crippen LogP contribution in [0.4, 0.5) is 0 Å². The number of esters is 1. The molecule has 0 fully saturated rings. The highest BCUT2D eigenvalue weighted by molar-refractivity contribution is 5.90. The second kappa shape index (κ2) is 4.86. The van der Waals surface area contributed by atoms with Crippen LogP contribution >= 0.6 is 0 Å². The van der Waals surface area contributed by atoms with Gasteiger partial charge >= 0.3 is 11.9 Å². The Bertz CT molecular complexity index is 336. The second-order valence-electron chi connectivity index (χ2n) is 2.36. The van der Waals surface area contributed by atoms with Gasteiger partial charge in [-0.05, 0) is 12.1 Å². The van der Waals surface area contributed by atoms with Gasteiger partial charge in [0.25, 0.3) is 0 Å². The molecule has 0 bridgehead atoms. The molecule has 0 unspecified atom stereocenters. The average molecular weight is 196 g/mol. The van der Waals surface area contributed by atoms with Crippen molar-refractivity contribution in [3.63, 3.8) is 0 Å². The minimum atomic E-state index is -1.19. The number of hydrogen-bond donors (Lipinski definition) is 1. The van der Waals surface area contributed by atoms with E-state index < -0.39 is 11.9 Å². The number of furan rings is 1. The maximum Gasteiger partial charge on any atom is 0.331 e. The molecule has 0 saturated carbocycles. The number of carbonyl (C=O) groups excluding carboxylic acids is 1. The Morgan fingerprint density at radius 3 is 2.86 bits per heavy atom. The van der Waals surface area contributed by atoms with Crippen LogP contribution in [0.3, 0.4) is 0 Å². The number of ether oxygens (including phenoxy) is 1. The van der Waals surface area contributed by atoms with Gasteiger partial charge in [-0.2, -0.15) is 0 Å². The summed E-state index contributed by atoms with van der Waals surface area (Å²) in [5.74, 6) is -1.41. The molecular formula is C9H8O5. The van der Waals surface area contributed by atoms with Crippen LogP contribution in [0.1, 0.15) is 5.76 Å². The minimum absolute atomic E-state index is 0.00417. The molecule has 5 heteroatoms. The van der Waals surface area contributed by atoms with Crippen LogP contribution in [0.15, 0.2) is 35.0 Å². The third-order valence-corrected chi connectivity index (χ3v) is 1.30. The highest BCUT2D eigenvalue weighted by Gasteiger charge is 2.00. The van der Waals surface area contributed by atoms with E-state index in [1.807, 2.05) is 0 Å². The first kappa shape index (κ1) is 10.0. The summed E-state index contributed by atoms with van der Waals surface area (Å²) in [5, 5.41) is 8.20. The summed E-state index contributed by atoms with van der Waals surface area (Å²) in [5.41, 5.74) is 0. The van der Waals surface area contributed by atoms with E-state index in [-0.39, 0.29) is 6.61 Å². The molecule has 74 valence electrons. The predicted octanol–water partition coefficient (Wildman–Crippen LogP) is 0.964. The first-order chi connectivity index (χ1) is 6.68. The zero-order chi connectivity index (χ0) is 10.4. The summed E-state index contributed by atoms with van der Waals surface area (Å²) in [6.07, 6.45) is 3.01. The SMILES string of the molecule is O=C(O)/C=C\C(=O)OCc1ccco1. The van der Waals surface area contributed by atoms with E-state index >= 15 is 0 Å². The van der Waals surface area contributed by atoms with Crippen LogP contribution in [0.25, 0.3) is 0 Å². The molecule has 5 nitrogen and oxygen atoms in total. The van der Waals surface area contributed by atoms with Crippen LogP contribution in [0.2, 0.25) is 0 Å². The lowest BCUT2D eigenvalue weighted by molar-refractivity contribution is -0.140. The molecule has 0 aliphatic carbocycles. The van der Waals surface area contributed by atoms with Gasteiger partial charge in [-0.15, -0.1) is 0 Å². The number of carboxylic acid groups (broad SMARTS) is 1. The van der Waals surface area contributed by atoms with Crippen molar-refractivity contribution in [1.82, 2.24) is 0 Å². The Morgan fingerprint density at radius 2 is 2.29 bits per heavy atom. The van der Waals surface area contributed by atoms with Crippen molar-refractivity contribution in [2.75, 3.05) is 0 Å². The van der Waals surface area contributed by atoms with E-state index in [9.17, 15) is 9.59 Å². The first-order valence-electron chi connectivity index (χ1n) is 3.78. The van der Waals surface area contributed by atoms with Crippen molar-refractivity contribution in [1.29, 1.82) is 0 Å². The monoisotopic (exact) mass is 196 g/mol. The summed E-state index contributed by atoms with van der Waals surface area (Å²) < 4.78 is 9.55. The van der Waals surface area contributed by atoms with E-state index in [0.717, 1.165) is 6.08 Å². The molecule has 0 atom stereocenters. The van der Waals surface area contributed by atoms with Gasteiger partial charge in [-0.25, -0.2) is 9.59 Å². The molecule has 0 aliphatic rings. The lowest BCUT2D eigenvalue weighted by Gasteiger charge is -1.96. The lowest BCUT2D eigenvalue weighted by Crippen LogP contribution is -2.01. The highest BCUT2D eigenvalue weighted by Crippen LogP contribution is 2.01. The number of rotatable bonds is 4. The van der Waals surface area contributed by atoms with Crippen molar-refractivity contribution in [2.24, 2.45) is 0 Å². The zero-order valence-corrected chi connectivity index (χ0v) is 7.17. The zero-order valence-electron chi connectivity index (χ0n) is 7.17. The fourth-order valence-corrected chi connectivity index (χ4v) is 0.724. The molecule has 0 radical (unpaired) electrons. The van der Waals surface area contributed by atoms with Gasteiger partial charge in [0.1, 0.15) is 12.4 Å². The topological polar surface area (TPSA) is 76.7 Å². The summed E-state index contributed by atoms with van der Waals surface area (Å²) in [7, 11) is 0. The van der Waals surface area contributed by atoms with Gasteiger partial charge in [-0.3, -0.25) is 0 Å². The second-order valence-corrected chi connectivity index (χ2v) is 2.36. The van der Waals surface area contributed by atoms with Crippen molar-refractivity contribution < 1.29 is 23.8 Å². The molecule has 14 heavy (non-hydrogen) atoms. The number of hydrogen-bond acceptors (Lipinski definition) is 4. The van der Waals surface area contributed by atoms with Gasteiger partial charge in [0.05, 0.1) is 6.26 Å². The molecular weight excluding hydrogens is 188 g/mol. The summed E-state index contributed by atoms with van der Waals surface area (Å²) >= 11 is 0. The molecule has 0 saturated heterocycles. The van der Waals surface area contributed by atoms with Crippen LogP contribution in [0, 0.1) is 0 Å². The van der Waals surface area contributed by atoms with Crippen molar-refractivity contribution in [2.45, 2.75) is 6.61 Å². The van der Waals surface area contributed by atoms with Gasteiger partial charge in [-0.1, -0.05) is 0 Å². The Labute approximate surface area is 79.6 Å². The molecule has 1 N–H and O–H groups in total. The van der Waals surface area contributed by atoms with Crippen molar-refractivity contribution >= 4 is 11.9 Å². The summed E-state index contributed by atoms with van der Waals surface area (Å²) in [6.45, 7) is -0.00417. The normalized spacial score (nSPS) is 10.3. The van der Waals surface area contributed by atoms with Crippen LogP contribution in [0.5, 0.6) is 0 Å². The summed E-state index contributed by atoms with van der Waals surface area (Å²) in [6, 6.07) is 3.31. The molecule has 0 aliphatic heterocycles. The fraction of sp³-hybridized carbons (Fsp3) is 0.111. The lowest BCUT2D eigenvalue weighted by atomic mass is 10.4. The van der Waals surface area contributed by atoms with Crippen LogP contribution in [-0.4, -0.2) is 17.0 Å². The fourth-order valence-electron chi connectivity index (χ4n) is 0.724. The van der Waals surface area contributed by atoms with Crippen molar-refractivity contribution in [3.8, 4) is 0 Å². The molecule has 1 rings (SSSR count).